The van der Waals surface area contributed by atoms with E-state index in [0.29, 0.717) is 19.3 Å². The summed E-state index contributed by atoms with van der Waals surface area (Å²) in [5, 5.41) is 0. The molecule has 0 aromatic rings. The van der Waals surface area contributed by atoms with Gasteiger partial charge in [-0.1, -0.05) is 326 Å². The monoisotopic (exact) mass is 1080 g/mol. The summed E-state index contributed by atoms with van der Waals surface area (Å²) in [5.41, 5.74) is 0. The van der Waals surface area contributed by atoms with Gasteiger partial charge in [-0.2, -0.15) is 0 Å². The summed E-state index contributed by atoms with van der Waals surface area (Å²) in [7, 11) is 0. The summed E-state index contributed by atoms with van der Waals surface area (Å²) < 4.78 is 16.9. The van der Waals surface area contributed by atoms with E-state index in [1.807, 2.05) is 0 Å². The van der Waals surface area contributed by atoms with E-state index in [9.17, 15) is 14.4 Å². The highest BCUT2D eigenvalue weighted by molar-refractivity contribution is 5.71. The van der Waals surface area contributed by atoms with E-state index < -0.39 is 6.10 Å². The number of carbonyl (C=O) groups is 3. The van der Waals surface area contributed by atoms with Gasteiger partial charge in [-0.05, 0) is 70.6 Å². The summed E-state index contributed by atoms with van der Waals surface area (Å²) in [6, 6.07) is 0. The first-order valence-electron chi connectivity index (χ1n) is 34.1. The van der Waals surface area contributed by atoms with Gasteiger partial charge >= 0.3 is 17.9 Å². The Morgan fingerprint density at radius 3 is 0.805 bits per heavy atom. The summed E-state index contributed by atoms with van der Waals surface area (Å²) >= 11 is 0. The number of unbranched alkanes of at least 4 members (excludes halogenated alkanes) is 44. The molecule has 6 nitrogen and oxygen atoms in total. The van der Waals surface area contributed by atoms with Crippen molar-refractivity contribution in [3.8, 4) is 0 Å². The van der Waals surface area contributed by atoms with Gasteiger partial charge in [0.2, 0.25) is 0 Å². The first-order valence-corrected chi connectivity index (χ1v) is 34.1. The molecule has 6 heteroatoms. The highest BCUT2D eigenvalue weighted by Gasteiger charge is 2.19. The van der Waals surface area contributed by atoms with Crippen molar-refractivity contribution in [1.29, 1.82) is 0 Å². The molecule has 0 aromatic carbocycles. The first kappa shape index (κ1) is 74.4. The third-order valence-electron chi connectivity index (χ3n) is 15.3. The Kier molecular flexibility index (Phi) is 63.6. The molecule has 1 unspecified atom stereocenters. The molecule has 0 fully saturated rings. The number of hydrogen-bond donors (Lipinski definition) is 0. The van der Waals surface area contributed by atoms with Crippen LogP contribution in [-0.2, 0) is 28.6 Å². The maximum atomic E-state index is 12.9. The second kappa shape index (κ2) is 65.9. The zero-order valence-electron chi connectivity index (χ0n) is 51.7. The lowest BCUT2D eigenvalue weighted by Crippen LogP contribution is -2.30. The SMILES string of the molecule is CCC/C=C\C/C=C\CCCCCCCC(=O)OCC(COC(=O)CCCCCCCCCCCCCCCCCCCCCCCCCCCCCCCCCC)OC(=O)CCCCCCC/C=C\C/C=C\CCCC. The molecular formula is C71H130O6. The first-order chi connectivity index (χ1) is 38.0. The van der Waals surface area contributed by atoms with Crippen LogP contribution in [0.25, 0.3) is 0 Å². The van der Waals surface area contributed by atoms with Crippen molar-refractivity contribution in [1.82, 2.24) is 0 Å². The van der Waals surface area contributed by atoms with Crippen LogP contribution in [0, 0.1) is 0 Å². The molecule has 0 rings (SSSR count). The van der Waals surface area contributed by atoms with Crippen LogP contribution in [0.4, 0.5) is 0 Å². The van der Waals surface area contributed by atoms with Gasteiger partial charge in [0.15, 0.2) is 6.10 Å². The van der Waals surface area contributed by atoms with E-state index in [1.54, 1.807) is 0 Å². The highest BCUT2D eigenvalue weighted by Crippen LogP contribution is 2.18. The normalized spacial score (nSPS) is 12.3. The van der Waals surface area contributed by atoms with Crippen molar-refractivity contribution in [3.05, 3.63) is 48.6 Å². The van der Waals surface area contributed by atoms with Gasteiger partial charge in [-0.3, -0.25) is 14.4 Å². The molecule has 0 aromatic heterocycles. The van der Waals surface area contributed by atoms with Gasteiger partial charge in [0.1, 0.15) is 13.2 Å². The predicted octanol–water partition coefficient (Wildman–Crippen LogP) is 23.3. The third-order valence-corrected chi connectivity index (χ3v) is 15.3. The number of rotatable bonds is 63. The lowest BCUT2D eigenvalue weighted by molar-refractivity contribution is -0.167. The van der Waals surface area contributed by atoms with Crippen LogP contribution in [0.5, 0.6) is 0 Å². The second-order valence-electron chi connectivity index (χ2n) is 23.1. The molecule has 0 radical (unpaired) electrons. The van der Waals surface area contributed by atoms with Crippen LogP contribution in [0.2, 0.25) is 0 Å². The van der Waals surface area contributed by atoms with E-state index in [0.717, 1.165) is 109 Å². The third kappa shape index (κ3) is 64.1. The van der Waals surface area contributed by atoms with Gasteiger partial charge in [0, 0.05) is 19.3 Å². The Bertz CT molecular complexity index is 1330. The Morgan fingerprint density at radius 1 is 0.260 bits per heavy atom. The van der Waals surface area contributed by atoms with Gasteiger partial charge in [-0.25, -0.2) is 0 Å². The Balaban J connectivity index is 4.09. The lowest BCUT2D eigenvalue weighted by atomic mass is 10.0. The standard InChI is InChI=1S/C71H130O6/c1-4-7-10-13-16-19-22-25-27-28-29-30-31-32-33-34-35-36-37-38-39-40-41-42-43-44-47-49-52-55-58-61-64-70(73)76-67-68(66-75-69(72)63-60-57-54-51-48-45-24-21-18-15-12-9-6-3)77-71(74)65-62-59-56-53-50-46-26-23-20-17-14-11-8-5-2/h12,14-15,17,21,23-24,26,68H,4-11,13,16,18-20,22,25,27-67H2,1-3H3/b15-12-,17-14-,24-21-,26-23-. The molecule has 0 bridgehead atoms. The fraction of sp³-hybridized carbons (Fsp3) is 0.845. The molecule has 0 aliphatic rings. The summed E-state index contributed by atoms with van der Waals surface area (Å²) in [4.78, 5) is 38.2. The largest absolute Gasteiger partial charge is 0.462 e. The van der Waals surface area contributed by atoms with Crippen molar-refractivity contribution >= 4 is 17.9 Å². The van der Waals surface area contributed by atoms with Crippen molar-refractivity contribution < 1.29 is 28.6 Å². The van der Waals surface area contributed by atoms with Gasteiger partial charge in [-0.15, -0.1) is 0 Å². The quantitative estimate of drug-likeness (QED) is 0.0261. The van der Waals surface area contributed by atoms with E-state index in [2.05, 4.69) is 69.4 Å². The van der Waals surface area contributed by atoms with E-state index in [-0.39, 0.29) is 31.1 Å². The fourth-order valence-electron chi connectivity index (χ4n) is 10.1. The molecule has 77 heavy (non-hydrogen) atoms. The van der Waals surface area contributed by atoms with Crippen molar-refractivity contribution in [2.24, 2.45) is 0 Å². The minimum atomic E-state index is -0.785. The summed E-state index contributed by atoms with van der Waals surface area (Å²) in [6.45, 7) is 6.56. The summed E-state index contributed by atoms with van der Waals surface area (Å²) in [5.74, 6) is -0.891. The molecular weight excluding hydrogens is 949 g/mol. The average Bonchev–Trinajstić information content (AvgIpc) is 3.43. The van der Waals surface area contributed by atoms with E-state index in [1.165, 1.54) is 218 Å². The zero-order valence-corrected chi connectivity index (χ0v) is 51.7. The Morgan fingerprint density at radius 2 is 0.506 bits per heavy atom. The predicted molar refractivity (Wildman–Crippen MR) is 335 cm³/mol. The minimum absolute atomic E-state index is 0.0803. The number of ether oxygens (including phenoxy) is 3. The van der Waals surface area contributed by atoms with Gasteiger partial charge < -0.3 is 14.2 Å². The summed E-state index contributed by atoms with van der Waals surface area (Å²) in [6.07, 6.45) is 83.0. The van der Waals surface area contributed by atoms with Crippen molar-refractivity contribution in [3.63, 3.8) is 0 Å². The van der Waals surface area contributed by atoms with Gasteiger partial charge in [0.25, 0.3) is 0 Å². The Labute approximate surface area is 479 Å². The average molecular weight is 1080 g/mol. The maximum absolute atomic E-state index is 12.9. The molecule has 0 aliphatic carbocycles. The number of allylic oxidation sites excluding steroid dienone is 8. The van der Waals surface area contributed by atoms with Crippen LogP contribution in [0.3, 0.4) is 0 Å². The van der Waals surface area contributed by atoms with Crippen molar-refractivity contribution in [2.75, 3.05) is 13.2 Å². The van der Waals surface area contributed by atoms with Crippen LogP contribution >= 0.6 is 0 Å². The second-order valence-corrected chi connectivity index (χ2v) is 23.1. The molecule has 0 aliphatic heterocycles. The van der Waals surface area contributed by atoms with Crippen LogP contribution in [0.15, 0.2) is 48.6 Å². The molecule has 0 saturated heterocycles. The molecule has 0 spiro atoms. The fourth-order valence-corrected chi connectivity index (χ4v) is 10.1. The lowest BCUT2D eigenvalue weighted by Gasteiger charge is -2.18. The smallest absolute Gasteiger partial charge is 0.306 e. The number of esters is 3. The molecule has 0 amide bonds. The molecule has 1 atom stereocenters. The molecule has 0 heterocycles. The topological polar surface area (TPSA) is 78.9 Å². The van der Waals surface area contributed by atoms with Crippen LogP contribution < -0.4 is 0 Å². The Hall–Kier alpha value is -2.63. The van der Waals surface area contributed by atoms with Crippen LogP contribution in [-0.4, -0.2) is 37.2 Å². The molecule has 0 N–H and O–H groups in total. The molecule has 0 saturated carbocycles. The zero-order chi connectivity index (χ0) is 55.7. The number of hydrogen-bond acceptors (Lipinski definition) is 6. The minimum Gasteiger partial charge on any atom is -0.462 e. The van der Waals surface area contributed by atoms with E-state index in [4.69, 9.17) is 14.2 Å². The number of carbonyl (C=O) groups excluding carboxylic acids is 3. The van der Waals surface area contributed by atoms with Gasteiger partial charge in [0.05, 0.1) is 0 Å². The van der Waals surface area contributed by atoms with E-state index >= 15 is 0 Å². The van der Waals surface area contributed by atoms with Crippen molar-refractivity contribution in [2.45, 2.75) is 374 Å². The van der Waals surface area contributed by atoms with Crippen LogP contribution in [0.1, 0.15) is 367 Å². The maximum Gasteiger partial charge on any atom is 0.306 e. The molecule has 450 valence electrons. The highest BCUT2D eigenvalue weighted by atomic mass is 16.6.